The molecule has 0 aromatic carbocycles. The van der Waals surface area contributed by atoms with Gasteiger partial charge in [0.25, 0.3) is 5.92 Å². The van der Waals surface area contributed by atoms with Gasteiger partial charge in [0, 0.05) is 0 Å². The molecule has 0 bridgehead atoms. The molecule has 14 heavy (non-hydrogen) atoms. The molecule has 82 valence electrons. The maximum absolute atomic E-state index is 12.5. The first-order valence-corrected chi connectivity index (χ1v) is 5.26. The molecular formula is C6H11F2N3O2S. The van der Waals surface area contributed by atoms with E-state index in [-0.39, 0.29) is 0 Å². The number of nitrogens with one attached hydrogen (secondary N) is 1. The fourth-order valence-electron chi connectivity index (χ4n) is 0.473. The van der Waals surface area contributed by atoms with Crippen LogP contribution in [0.15, 0.2) is 0 Å². The third-order valence-electron chi connectivity index (χ3n) is 1.48. The van der Waals surface area contributed by atoms with Crippen molar-refractivity contribution in [3.8, 4) is 6.07 Å². The van der Waals surface area contributed by atoms with Crippen molar-refractivity contribution >= 4 is 10.0 Å². The van der Waals surface area contributed by atoms with Crippen LogP contribution in [0.3, 0.4) is 0 Å². The third kappa shape index (κ3) is 3.95. The highest BCUT2D eigenvalue weighted by molar-refractivity contribution is 7.90. The molecule has 0 amide bonds. The smallest absolute Gasteiger partial charge is 0.273 e. The van der Waals surface area contributed by atoms with Gasteiger partial charge >= 0.3 is 0 Å². The standard InChI is InChI=1S/C6H11F2N3O2S/c1-5(2-9)14(12,13)11-4-6(7,8)3-10/h5,11H,3-4,10H2,1H3. The zero-order valence-corrected chi connectivity index (χ0v) is 8.31. The predicted molar refractivity (Wildman–Crippen MR) is 46.0 cm³/mol. The van der Waals surface area contributed by atoms with E-state index in [1.54, 1.807) is 4.72 Å². The van der Waals surface area contributed by atoms with Crippen molar-refractivity contribution in [2.24, 2.45) is 5.73 Å². The van der Waals surface area contributed by atoms with E-state index < -0.39 is 34.3 Å². The van der Waals surface area contributed by atoms with Gasteiger partial charge in [-0.1, -0.05) is 0 Å². The molecule has 0 aromatic rings. The summed E-state index contributed by atoms with van der Waals surface area (Å²) in [5.41, 5.74) is 4.69. The number of nitrogens with zero attached hydrogens (tertiary/aromatic N) is 1. The molecular weight excluding hydrogens is 216 g/mol. The van der Waals surface area contributed by atoms with E-state index in [9.17, 15) is 17.2 Å². The molecule has 5 nitrogen and oxygen atoms in total. The molecule has 0 heterocycles. The van der Waals surface area contributed by atoms with Gasteiger partial charge in [0.05, 0.1) is 19.2 Å². The van der Waals surface area contributed by atoms with E-state index in [1.807, 2.05) is 0 Å². The minimum absolute atomic E-state index is 0.948. The Hall–Kier alpha value is -0.780. The first kappa shape index (κ1) is 13.2. The zero-order chi connectivity index (χ0) is 11.4. The summed E-state index contributed by atoms with van der Waals surface area (Å²) in [5.74, 6) is -3.29. The number of hydrogen-bond donors (Lipinski definition) is 2. The summed E-state index contributed by atoms with van der Waals surface area (Å²) in [7, 11) is -4.00. The molecule has 1 atom stereocenters. The largest absolute Gasteiger partial charge is 0.325 e. The van der Waals surface area contributed by atoms with Crippen LogP contribution in [-0.4, -0.2) is 32.7 Å². The summed E-state index contributed by atoms with van der Waals surface area (Å²) in [6, 6.07) is 1.43. The van der Waals surface area contributed by atoms with Gasteiger partial charge in [-0.3, -0.25) is 0 Å². The highest BCUT2D eigenvalue weighted by Gasteiger charge is 2.30. The van der Waals surface area contributed by atoms with Crippen LogP contribution in [0.4, 0.5) is 8.78 Å². The Morgan fingerprint density at radius 1 is 1.64 bits per heavy atom. The Balaban J connectivity index is 4.36. The van der Waals surface area contributed by atoms with Gasteiger partial charge < -0.3 is 5.73 Å². The van der Waals surface area contributed by atoms with Crippen LogP contribution < -0.4 is 10.5 Å². The minimum atomic E-state index is -4.00. The average Bonchev–Trinajstić information content (AvgIpc) is 2.14. The van der Waals surface area contributed by atoms with Crippen molar-refractivity contribution in [3.05, 3.63) is 0 Å². The fourth-order valence-corrected chi connectivity index (χ4v) is 1.27. The number of hydrogen-bond acceptors (Lipinski definition) is 4. The van der Waals surface area contributed by atoms with Crippen LogP contribution in [0.2, 0.25) is 0 Å². The summed E-state index contributed by atoms with van der Waals surface area (Å²) in [5, 5.41) is 6.91. The zero-order valence-electron chi connectivity index (χ0n) is 7.50. The molecule has 1 unspecified atom stereocenters. The molecule has 0 aliphatic rings. The lowest BCUT2D eigenvalue weighted by molar-refractivity contribution is 0.0170. The van der Waals surface area contributed by atoms with E-state index >= 15 is 0 Å². The van der Waals surface area contributed by atoms with Gasteiger partial charge in [-0.2, -0.15) is 5.26 Å². The molecule has 3 N–H and O–H groups in total. The normalized spacial score (nSPS) is 14.8. The van der Waals surface area contributed by atoms with E-state index in [0.29, 0.717) is 0 Å². The predicted octanol–water partition coefficient (Wildman–Crippen LogP) is -0.588. The van der Waals surface area contributed by atoms with Gasteiger partial charge in [0.2, 0.25) is 10.0 Å². The van der Waals surface area contributed by atoms with Crippen molar-refractivity contribution in [3.63, 3.8) is 0 Å². The lowest BCUT2D eigenvalue weighted by atomic mass is 10.3. The van der Waals surface area contributed by atoms with E-state index in [1.165, 1.54) is 6.07 Å². The number of halogens is 2. The van der Waals surface area contributed by atoms with Crippen LogP contribution >= 0.6 is 0 Å². The second-order valence-corrected chi connectivity index (χ2v) is 4.78. The second-order valence-electron chi connectivity index (χ2n) is 2.70. The molecule has 0 aliphatic carbocycles. The average molecular weight is 227 g/mol. The van der Waals surface area contributed by atoms with E-state index in [0.717, 1.165) is 6.92 Å². The highest BCUT2D eigenvalue weighted by atomic mass is 32.2. The fraction of sp³-hybridized carbons (Fsp3) is 0.833. The number of rotatable bonds is 5. The molecule has 0 spiro atoms. The van der Waals surface area contributed by atoms with Crippen molar-refractivity contribution in [2.75, 3.05) is 13.1 Å². The van der Waals surface area contributed by atoms with E-state index in [2.05, 4.69) is 0 Å². The van der Waals surface area contributed by atoms with Gasteiger partial charge in [0.1, 0.15) is 0 Å². The van der Waals surface area contributed by atoms with Gasteiger partial charge in [-0.25, -0.2) is 21.9 Å². The van der Waals surface area contributed by atoms with Crippen LogP contribution in [0, 0.1) is 11.3 Å². The summed E-state index contributed by atoms with van der Waals surface area (Å²) in [6.07, 6.45) is 0. The van der Waals surface area contributed by atoms with Gasteiger partial charge in [-0.15, -0.1) is 0 Å². The molecule has 0 rings (SSSR count). The summed E-state index contributed by atoms with van der Waals surface area (Å²) >= 11 is 0. The lowest BCUT2D eigenvalue weighted by Crippen LogP contribution is -2.43. The Morgan fingerprint density at radius 2 is 2.14 bits per heavy atom. The Morgan fingerprint density at radius 3 is 2.50 bits per heavy atom. The SMILES string of the molecule is CC(C#N)S(=O)(=O)NCC(F)(F)CN. The van der Waals surface area contributed by atoms with Crippen molar-refractivity contribution < 1.29 is 17.2 Å². The molecule has 0 aromatic heterocycles. The Bertz CT molecular complexity index is 322. The van der Waals surface area contributed by atoms with Gasteiger partial charge in [0.15, 0.2) is 5.25 Å². The first-order chi connectivity index (χ1) is 6.25. The maximum atomic E-state index is 12.5. The van der Waals surface area contributed by atoms with Crippen LogP contribution in [0.25, 0.3) is 0 Å². The molecule has 0 saturated carbocycles. The Kier molecular flexibility index (Phi) is 4.38. The summed E-state index contributed by atoms with van der Waals surface area (Å²) < 4.78 is 48.7. The monoisotopic (exact) mass is 227 g/mol. The van der Waals surface area contributed by atoms with E-state index in [4.69, 9.17) is 11.0 Å². The lowest BCUT2D eigenvalue weighted by Gasteiger charge is -2.15. The third-order valence-corrected chi connectivity index (χ3v) is 3.06. The van der Waals surface area contributed by atoms with Crippen LogP contribution in [0.5, 0.6) is 0 Å². The summed E-state index contributed by atoms with van der Waals surface area (Å²) in [4.78, 5) is 0. The first-order valence-electron chi connectivity index (χ1n) is 3.71. The molecule has 0 radical (unpaired) electrons. The topological polar surface area (TPSA) is 96.0 Å². The number of nitriles is 1. The summed E-state index contributed by atoms with van der Waals surface area (Å²) in [6.45, 7) is -0.933. The molecule has 0 saturated heterocycles. The minimum Gasteiger partial charge on any atom is -0.325 e. The maximum Gasteiger partial charge on any atom is 0.273 e. The molecule has 0 fully saturated rings. The van der Waals surface area contributed by atoms with Crippen molar-refractivity contribution in [1.82, 2.24) is 4.72 Å². The van der Waals surface area contributed by atoms with Crippen LogP contribution in [-0.2, 0) is 10.0 Å². The quantitative estimate of drug-likeness (QED) is 0.656. The van der Waals surface area contributed by atoms with Crippen molar-refractivity contribution in [1.29, 1.82) is 5.26 Å². The Labute approximate surface area is 80.9 Å². The molecule has 8 heteroatoms. The van der Waals surface area contributed by atoms with Crippen LogP contribution in [0.1, 0.15) is 6.92 Å². The second kappa shape index (κ2) is 4.63. The number of alkyl halides is 2. The van der Waals surface area contributed by atoms with Gasteiger partial charge in [-0.05, 0) is 6.92 Å². The number of nitrogens with two attached hydrogens (primary N) is 1. The highest BCUT2D eigenvalue weighted by Crippen LogP contribution is 2.10. The molecule has 0 aliphatic heterocycles. The number of sulfonamides is 1. The van der Waals surface area contributed by atoms with Crippen molar-refractivity contribution in [2.45, 2.75) is 18.1 Å².